The van der Waals surface area contributed by atoms with E-state index in [-0.39, 0.29) is 0 Å². The van der Waals surface area contributed by atoms with Crippen molar-refractivity contribution in [3.05, 3.63) is 170 Å². The maximum Gasteiger partial charge on any atom is 0.143 e. The zero-order valence-electron chi connectivity index (χ0n) is 25.6. The van der Waals surface area contributed by atoms with Crippen molar-refractivity contribution < 1.29 is 4.42 Å². The molecule has 0 saturated carbocycles. The molecule has 0 atom stereocenters. The van der Waals surface area contributed by atoms with Gasteiger partial charge in [0.2, 0.25) is 0 Å². The van der Waals surface area contributed by atoms with Gasteiger partial charge in [-0.15, -0.1) is 0 Å². The second-order valence-corrected chi connectivity index (χ2v) is 12.4. The first-order valence-corrected chi connectivity index (χ1v) is 16.2. The Morgan fingerprint density at radius 1 is 0.277 bits per heavy atom. The van der Waals surface area contributed by atoms with Gasteiger partial charge in [-0.3, -0.25) is 0 Å². The summed E-state index contributed by atoms with van der Waals surface area (Å²) in [5.74, 6) is 0. The van der Waals surface area contributed by atoms with Crippen LogP contribution in [0.3, 0.4) is 0 Å². The van der Waals surface area contributed by atoms with Crippen LogP contribution in [-0.4, -0.2) is 0 Å². The van der Waals surface area contributed by atoms with Crippen molar-refractivity contribution in [3.63, 3.8) is 0 Å². The van der Waals surface area contributed by atoms with Crippen molar-refractivity contribution in [1.82, 2.24) is 0 Å². The van der Waals surface area contributed by atoms with Crippen molar-refractivity contribution in [3.8, 4) is 33.4 Å². The molecule has 0 bridgehead atoms. The van der Waals surface area contributed by atoms with Crippen LogP contribution in [0.1, 0.15) is 0 Å². The van der Waals surface area contributed by atoms with Crippen molar-refractivity contribution in [2.75, 3.05) is 0 Å². The van der Waals surface area contributed by atoms with Crippen LogP contribution < -0.4 is 0 Å². The summed E-state index contributed by atoms with van der Waals surface area (Å²) < 4.78 is 6.66. The first-order chi connectivity index (χ1) is 23.3. The van der Waals surface area contributed by atoms with E-state index in [9.17, 15) is 0 Å². The Labute approximate surface area is 271 Å². The zero-order valence-corrected chi connectivity index (χ0v) is 25.6. The molecule has 0 aliphatic heterocycles. The third-order valence-electron chi connectivity index (χ3n) is 9.82. The molecule has 0 fully saturated rings. The average Bonchev–Trinajstić information content (AvgIpc) is 3.54. The highest BCUT2D eigenvalue weighted by Crippen LogP contribution is 2.46. The smallest absolute Gasteiger partial charge is 0.143 e. The van der Waals surface area contributed by atoms with E-state index < -0.39 is 0 Å². The molecule has 9 aromatic carbocycles. The molecule has 0 spiro atoms. The van der Waals surface area contributed by atoms with Crippen LogP contribution in [0, 0.1) is 0 Å². The highest BCUT2D eigenvalue weighted by atomic mass is 16.3. The number of hydrogen-bond acceptors (Lipinski definition) is 1. The molecule has 1 heterocycles. The van der Waals surface area contributed by atoms with Crippen LogP contribution >= 0.6 is 0 Å². The first-order valence-electron chi connectivity index (χ1n) is 16.2. The van der Waals surface area contributed by atoms with Crippen LogP contribution in [0.15, 0.2) is 174 Å². The standard InChI is InChI=1S/C46H28O/c1-2-13-29(14-3-1)30-15-12-16-31(27-30)43-36-20-7-9-22-38(36)44(39-23-10-8-21-37(39)43)32-25-26-42-41(28-32)45-35-19-6-4-17-33(35)34-18-5-11-24-40(34)46(45)47-42/h1-28H. The Balaban J connectivity index is 1.28. The third kappa shape index (κ3) is 3.90. The monoisotopic (exact) mass is 596 g/mol. The Hall–Kier alpha value is -6.18. The first kappa shape index (κ1) is 26.1. The molecule has 1 nitrogen and oxygen atoms in total. The van der Waals surface area contributed by atoms with Gasteiger partial charge < -0.3 is 4.42 Å². The topological polar surface area (TPSA) is 13.1 Å². The molecular weight excluding hydrogens is 569 g/mol. The van der Waals surface area contributed by atoms with Crippen molar-refractivity contribution in [2.45, 2.75) is 0 Å². The van der Waals surface area contributed by atoms with E-state index in [1.165, 1.54) is 76.5 Å². The van der Waals surface area contributed by atoms with Crippen LogP contribution in [0.5, 0.6) is 0 Å². The van der Waals surface area contributed by atoms with E-state index in [1.54, 1.807) is 0 Å². The second-order valence-electron chi connectivity index (χ2n) is 12.4. The van der Waals surface area contributed by atoms with E-state index in [2.05, 4.69) is 170 Å². The van der Waals surface area contributed by atoms with E-state index >= 15 is 0 Å². The molecule has 218 valence electrons. The van der Waals surface area contributed by atoms with Crippen LogP contribution in [0.4, 0.5) is 0 Å². The lowest BCUT2D eigenvalue weighted by atomic mass is 9.85. The van der Waals surface area contributed by atoms with E-state index in [0.29, 0.717) is 0 Å². The van der Waals surface area contributed by atoms with Gasteiger partial charge in [0.1, 0.15) is 11.2 Å². The number of furan rings is 1. The number of benzene rings is 9. The molecule has 0 unspecified atom stereocenters. The van der Waals surface area contributed by atoms with E-state index in [1.807, 2.05) is 0 Å². The van der Waals surface area contributed by atoms with Gasteiger partial charge in [0.15, 0.2) is 0 Å². The van der Waals surface area contributed by atoms with Crippen LogP contribution in [-0.2, 0) is 0 Å². The molecule has 0 radical (unpaired) electrons. The molecule has 1 aromatic heterocycles. The molecule has 10 aromatic rings. The summed E-state index contributed by atoms with van der Waals surface area (Å²) in [5.41, 5.74) is 9.24. The molecule has 0 amide bonds. The maximum atomic E-state index is 6.66. The van der Waals surface area contributed by atoms with Crippen molar-refractivity contribution in [2.24, 2.45) is 0 Å². The highest BCUT2D eigenvalue weighted by Gasteiger charge is 2.20. The largest absolute Gasteiger partial charge is 0.455 e. The molecule has 10 rings (SSSR count). The molecule has 1 heteroatoms. The Morgan fingerprint density at radius 3 is 1.38 bits per heavy atom. The molecule has 0 aliphatic carbocycles. The van der Waals surface area contributed by atoms with Crippen LogP contribution in [0.25, 0.3) is 98.4 Å². The predicted octanol–water partition coefficient (Wildman–Crippen LogP) is 13.2. The minimum absolute atomic E-state index is 0.910. The van der Waals surface area contributed by atoms with Gasteiger partial charge in [-0.1, -0.05) is 152 Å². The summed E-state index contributed by atoms with van der Waals surface area (Å²) in [6, 6.07) is 61.4. The van der Waals surface area contributed by atoms with Gasteiger partial charge in [0, 0.05) is 16.2 Å². The van der Waals surface area contributed by atoms with Crippen LogP contribution in [0.2, 0.25) is 0 Å². The second kappa shape index (κ2) is 10.2. The maximum absolute atomic E-state index is 6.66. The van der Waals surface area contributed by atoms with Gasteiger partial charge in [-0.25, -0.2) is 0 Å². The van der Waals surface area contributed by atoms with E-state index in [0.717, 1.165) is 21.9 Å². The van der Waals surface area contributed by atoms with Crippen molar-refractivity contribution in [1.29, 1.82) is 0 Å². The fraction of sp³-hybridized carbons (Fsp3) is 0. The number of hydrogen-bond donors (Lipinski definition) is 0. The Bertz CT molecular complexity index is 2780. The minimum atomic E-state index is 0.910. The summed E-state index contributed by atoms with van der Waals surface area (Å²) in [7, 11) is 0. The Kier molecular flexibility index (Phi) is 5.64. The lowest BCUT2D eigenvalue weighted by molar-refractivity contribution is 0.673. The summed E-state index contributed by atoms with van der Waals surface area (Å²) in [6.45, 7) is 0. The van der Waals surface area contributed by atoms with Gasteiger partial charge >= 0.3 is 0 Å². The SMILES string of the molecule is c1ccc(-c2cccc(-c3c4ccccc4c(-c4ccc5oc6c7ccccc7c7ccccc7c6c5c4)c4ccccc34)c2)cc1. The number of fused-ring (bicyclic) bond motifs is 10. The molecule has 47 heavy (non-hydrogen) atoms. The fourth-order valence-electron chi connectivity index (χ4n) is 7.80. The van der Waals surface area contributed by atoms with Gasteiger partial charge in [-0.05, 0) is 89.3 Å². The summed E-state index contributed by atoms with van der Waals surface area (Å²) in [6.07, 6.45) is 0. The fourth-order valence-corrected chi connectivity index (χ4v) is 7.80. The van der Waals surface area contributed by atoms with Gasteiger partial charge in [-0.2, -0.15) is 0 Å². The molecular formula is C46H28O. The lowest BCUT2D eigenvalue weighted by Gasteiger charge is -2.18. The van der Waals surface area contributed by atoms with E-state index in [4.69, 9.17) is 4.42 Å². The zero-order chi connectivity index (χ0) is 30.9. The minimum Gasteiger partial charge on any atom is -0.455 e. The summed E-state index contributed by atoms with van der Waals surface area (Å²) in [5, 5.41) is 12.2. The normalized spacial score (nSPS) is 11.8. The average molecular weight is 597 g/mol. The Morgan fingerprint density at radius 2 is 0.745 bits per heavy atom. The lowest BCUT2D eigenvalue weighted by Crippen LogP contribution is -1.91. The molecule has 0 N–H and O–H groups in total. The van der Waals surface area contributed by atoms with Gasteiger partial charge in [0.25, 0.3) is 0 Å². The quantitative estimate of drug-likeness (QED) is 0.146. The summed E-state index contributed by atoms with van der Waals surface area (Å²) in [4.78, 5) is 0. The number of rotatable bonds is 3. The predicted molar refractivity (Wildman–Crippen MR) is 200 cm³/mol. The highest BCUT2D eigenvalue weighted by molar-refractivity contribution is 6.31. The van der Waals surface area contributed by atoms with Gasteiger partial charge in [0.05, 0.1) is 0 Å². The molecule has 0 aliphatic rings. The summed E-state index contributed by atoms with van der Waals surface area (Å²) >= 11 is 0. The molecule has 0 saturated heterocycles. The van der Waals surface area contributed by atoms with Crippen molar-refractivity contribution >= 4 is 65.0 Å². The third-order valence-corrected chi connectivity index (χ3v) is 9.82.